The second kappa shape index (κ2) is 8.50. The largest absolute Gasteiger partial charge is 0.460 e. The molecular formula is C16H23BrN2O3. The molecule has 6 heteroatoms. The zero-order chi connectivity index (χ0) is 15.9. The average molecular weight is 371 g/mol. The summed E-state index contributed by atoms with van der Waals surface area (Å²) in [5, 5.41) is 12.2. The second-order valence-electron chi connectivity index (χ2n) is 5.61. The van der Waals surface area contributed by atoms with Crippen LogP contribution in [0.2, 0.25) is 0 Å². The molecule has 0 unspecified atom stereocenters. The first-order chi connectivity index (χ1) is 10.6. The predicted molar refractivity (Wildman–Crippen MR) is 89.6 cm³/mol. The van der Waals surface area contributed by atoms with Gasteiger partial charge in [0.05, 0.1) is 17.9 Å². The average Bonchev–Trinajstić information content (AvgIpc) is 2.54. The van der Waals surface area contributed by atoms with E-state index in [-0.39, 0.29) is 13.2 Å². The molecule has 0 saturated heterocycles. The fourth-order valence-corrected chi connectivity index (χ4v) is 3.22. The van der Waals surface area contributed by atoms with Crippen molar-refractivity contribution >= 4 is 27.6 Å². The predicted octanol–water partition coefficient (Wildman–Crippen LogP) is 2.60. The minimum Gasteiger partial charge on any atom is -0.460 e. The van der Waals surface area contributed by atoms with Crippen molar-refractivity contribution in [2.24, 2.45) is 0 Å². The molecule has 1 saturated carbocycles. The molecule has 122 valence electrons. The zero-order valence-corrected chi connectivity index (χ0v) is 14.2. The highest BCUT2D eigenvalue weighted by molar-refractivity contribution is 9.10. The lowest BCUT2D eigenvalue weighted by Gasteiger charge is -2.23. The number of carbonyl (C=O) groups is 1. The van der Waals surface area contributed by atoms with Gasteiger partial charge in [0, 0.05) is 17.1 Å². The molecule has 1 aromatic carbocycles. The van der Waals surface area contributed by atoms with Gasteiger partial charge in [-0.05, 0) is 46.5 Å². The maximum absolute atomic E-state index is 11.9. The molecular weight excluding hydrogens is 348 g/mol. The number of nitrogen functional groups attached to an aromatic ring is 1. The Bertz CT molecular complexity index is 516. The molecule has 0 aromatic heterocycles. The summed E-state index contributed by atoms with van der Waals surface area (Å²) in [6, 6.07) is 3.94. The third kappa shape index (κ3) is 4.69. The van der Waals surface area contributed by atoms with Crippen LogP contribution in [-0.4, -0.2) is 30.3 Å². The maximum atomic E-state index is 11.9. The molecule has 0 heterocycles. The molecule has 1 aliphatic carbocycles. The van der Waals surface area contributed by atoms with Gasteiger partial charge in [-0.1, -0.05) is 19.3 Å². The van der Waals surface area contributed by atoms with Crippen molar-refractivity contribution in [3.05, 3.63) is 27.7 Å². The highest BCUT2D eigenvalue weighted by Gasteiger charge is 2.16. The van der Waals surface area contributed by atoms with Gasteiger partial charge in [0.1, 0.15) is 6.61 Å². The maximum Gasteiger partial charge on any atom is 0.338 e. The highest BCUT2D eigenvalue weighted by Crippen LogP contribution is 2.27. The van der Waals surface area contributed by atoms with Crippen molar-refractivity contribution in [3.63, 3.8) is 0 Å². The smallest absolute Gasteiger partial charge is 0.338 e. The summed E-state index contributed by atoms with van der Waals surface area (Å²) in [6.45, 7) is 0.449. The van der Waals surface area contributed by atoms with E-state index in [1.807, 2.05) is 0 Å². The molecule has 1 aromatic rings. The normalized spacial score (nSPS) is 15.7. The minimum absolute atomic E-state index is 0.00349. The summed E-state index contributed by atoms with van der Waals surface area (Å²) in [5.74, 6) is -0.450. The van der Waals surface area contributed by atoms with E-state index in [1.54, 1.807) is 12.1 Å². The van der Waals surface area contributed by atoms with Crippen LogP contribution in [0.25, 0.3) is 0 Å². The summed E-state index contributed by atoms with van der Waals surface area (Å²) in [4.78, 5) is 11.9. The molecule has 0 bridgehead atoms. The lowest BCUT2D eigenvalue weighted by atomic mass is 9.95. The van der Waals surface area contributed by atoms with E-state index in [0.717, 1.165) is 5.56 Å². The van der Waals surface area contributed by atoms with Crippen molar-refractivity contribution in [2.45, 2.75) is 44.7 Å². The second-order valence-corrected chi connectivity index (χ2v) is 6.46. The van der Waals surface area contributed by atoms with Crippen LogP contribution in [0.1, 0.15) is 48.0 Å². The molecule has 22 heavy (non-hydrogen) atoms. The zero-order valence-electron chi connectivity index (χ0n) is 12.6. The number of hydrogen-bond acceptors (Lipinski definition) is 5. The first kappa shape index (κ1) is 17.2. The van der Waals surface area contributed by atoms with Crippen LogP contribution in [0.5, 0.6) is 0 Å². The van der Waals surface area contributed by atoms with Crippen LogP contribution in [0.3, 0.4) is 0 Å². The molecule has 1 fully saturated rings. The van der Waals surface area contributed by atoms with Gasteiger partial charge in [0.2, 0.25) is 0 Å². The molecule has 0 aliphatic heterocycles. The third-order valence-electron chi connectivity index (χ3n) is 3.96. The van der Waals surface area contributed by atoms with Gasteiger partial charge in [0.25, 0.3) is 0 Å². The van der Waals surface area contributed by atoms with E-state index in [0.29, 0.717) is 28.3 Å². The Balaban J connectivity index is 2.05. The Hall–Kier alpha value is -1.11. The quantitative estimate of drug-likeness (QED) is 0.529. The van der Waals surface area contributed by atoms with E-state index >= 15 is 0 Å². The van der Waals surface area contributed by atoms with Gasteiger partial charge in [0.15, 0.2) is 0 Å². The van der Waals surface area contributed by atoms with E-state index in [4.69, 9.17) is 15.6 Å². The first-order valence-electron chi connectivity index (χ1n) is 7.71. The lowest BCUT2D eigenvalue weighted by molar-refractivity contribution is 0.0433. The Morgan fingerprint density at radius 2 is 2.09 bits per heavy atom. The van der Waals surface area contributed by atoms with E-state index in [2.05, 4.69) is 21.2 Å². The fourth-order valence-electron chi connectivity index (χ4n) is 2.72. The van der Waals surface area contributed by atoms with E-state index < -0.39 is 5.97 Å². The van der Waals surface area contributed by atoms with Gasteiger partial charge < -0.3 is 20.9 Å². The number of carbonyl (C=O) groups excluding carboxylic acids is 1. The van der Waals surface area contributed by atoms with Gasteiger partial charge in [-0.15, -0.1) is 0 Å². The van der Waals surface area contributed by atoms with Gasteiger partial charge in [-0.3, -0.25) is 0 Å². The molecule has 0 amide bonds. The molecule has 1 aliphatic rings. The number of esters is 1. The summed E-state index contributed by atoms with van der Waals surface area (Å²) in [7, 11) is 0. The van der Waals surface area contributed by atoms with Crippen LogP contribution in [0, 0.1) is 0 Å². The SMILES string of the molecule is Nc1c(Br)cc(C(=O)OCCO)cc1CNC1CCCCC1. The molecule has 0 atom stereocenters. The highest BCUT2D eigenvalue weighted by atomic mass is 79.9. The monoisotopic (exact) mass is 370 g/mol. The van der Waals surface area contributed by atoms with Gasteiger partial charge in [-0.2, -0.15) is 0 Å². The molecule has 0 radical (unpaired) electrons. The number of hydrogen-bond donors (Lipinski definition) is 3. The fraction of sp³-hybridized carbons (Fsp3) is 0.562. The summed E-state index contributed by atoms with van der Waals surface area (Å²) < 4.78 is 5.64. The number of nitrogens with one attached hydrogen (secondary N) is 1. The number of benzene rings is 1. The van der Waals surface area contributed by atoms with Crippen LogP contribution in [0.15, 0.2) is 16.6 Å². The van der Waals surface area contributed by atoms with Crippen molar-refractivity contribution < 1.29 is 14.6 Å². The number of rotatable bonds is 6. The standard InChI is InChI=1S/C16H23BrN2O3/c17-14-9-11(16(21)22-7-6-20)8-12(15(14)18)10-19-13-4-2-1-3-5-13/h8-9,13,19-20H,1-7,10,18H2. The number of anilines is 1. The number of aliphatic hydroxyl groups excluding tert-OH is 1. The van der Waals surface area contributed by atoms with Crippen LogP contribution in [0.4, 0.5) is 5.69 Å². The van der Waals surface area contributed by atoms with Crippen molar-refractivity contribution in [1.82, 2.24) is 5.32 Å². The lowest BCUT2D eigenvalue weighted by Crippen LogP contribution is -2.30. The Morgan fingerprint density at radius 1 is 1.36 bits per heavy atom. The van der Waals surface area contributed by atoms with E-state index in [1.165, 1.54) is 32.1 Å². The molecule has 0 spiro atoms. The Labute approximate surface area is 139 Å². The molecule has 2 rings (SSSR count). The topological polar surface area (TPSA) is 84.6 Å². The van der Waals surface area contributed by atoms with Crippen LogP contribution >= 0.6 is 15.9 Å². The summed E-state index contributed by atoms with van der Waals surface area (Å²) in [6.07, 6.45) is 6.24. The first-order valence-corrected chi connectivity index (χ1v) is 8.50. The number of ether oxygens (including phenoxy) is 1. The third-order valence-corrected chi connectivity index (χ3v) is 4.62. The minimum atomic E-state index is -0.450. The van der Waals surface area contributed by atoms with E-state index in [9.17, 15) is 4.79 Å². The number of halogens is 1. The van der Waals surface area contributed by atoms with Gasteiger partial charge >= 0.3 is 5.97 Å². The van der Waals surface area contributed by atoms with Crippen molar-refractivity contribution in [3.8, 4) is 0 Å². The van der Waals surface area contributed by atoms with Crippen molar-refractivity contribution in [2.75, 3.05) is 18.9 Å². The molecule has 4 N–H and O–H groups in total. The van der Waals surface area contributed by atoms with Gasteiger partial charge in [-0.25, -0.2) is 4.79 Å². The number of aliphatic hydroxyl groups is 1. The van der Waals surface area contributed by atoms with Crippen molar-refractivity contribution in [1.29, 1.82) is 0 Å². The van der Waals surface area contributed by atoms with Crippen LogP contribution in [-0.2, 0) is 11.3 Å². The number of nitrogens with two attached hydrogens (primary N) is 1. The molecule has 5 nitrogen and oxygen atoms in total. The Morgan fingerprint density at radius 3 is 2.77 bits per heavy atom. The van der Waals surface area contributed by atoms with Crippen LogP contribution < -0.4 is 11.1 Å². The summed E-state index contributed by atoms with van der Waals surface area (Å²) in [5.41, 5.74) is 8.05. The Kier molecular flexibility index (Phi) is 6.67. The summed E-state index contributed by atoms with van der Waals surface area (Å²) >= 11 is 3.39.